The van der Waals surface area contributed by atoms with Gasteiger partial charge >= 0.3 is 0 Å². The molecule has 3 rings (SSSR count). The minimum Gasteiger partial charge on any atom is -0.349 e. The molecule has 1 atom stereocenters. The number of carbonyl (C=O) groups excluding carboxylic acids is 2. The second-order valence-electron chi connectivity index (χ2n) is 6.29. The van der Waals surface area contributed by atoms with Gasteiger partial charge in [-0.3, -0.25) is 9.59 Å². The molecule has 5 nitrogen and oxygen atoms in total. The zero-order valence-electron chi connectivity index (χ0n) is 13.2. The molecule has 1 aromatic rings. The molecule has 1 N–H and O–H groups in total. The van der Waals surface area contributed by atoms with E-state index < -0.39 is 0 Å². The standard InChI is InChI=1S/C17H23N3O2/c1-19(2)16(21)11-14-13-5-3-4-6-15(13)20(17(14)22)12-7-9-18-10-8-12/h3-6,12,14,18H,7-11H2,1-2H3. The number of benzene rings is 1. The highest BCUT2D eigenvalue weighted by atomic mass is 16.2. The third-order valence-electron chi connectivity index (χ3n) is 4.66. The van der Waals surface area contributed by atoms with Crippen LogP contribution in [-0.2, 0) is 9.59 Å². The molecule has 0 aliphatic carbocycles. The number of hydrogen-bond acceptors (Lipinski definition) is 3. The minimum atomic E-state index is -0.332. The van der Waals surface area contributed by atoms with E-state index >= 15 is 0 Å². The molecular formula is C17H23N3O2. The monoisotopic (exact) mass is 301 g/mol. The molecule has 0 radical (unpaired) electrons. The number of rotatable bonds is 3. The lowest BCUT2D eigenvalue weighted by Gasteiger charge is -2.32. The Hall–Kier alpha value is -1.88. The molecule has 1 unspecified atom stereocenters. The highest BCUT2D eigenvalue weighted by Crippen LogP contribution is 2.41. The first-order chi connectivity index (χ1) is 10.6. The Balaban J connectivity index is 1.90. The highest BCUT2D eigenvalue weighted by Gasteiger charge is 2.41. The molecule has 22 heavy (non-hydrogen) atoms. The molecule has 1 fully saturated rings. The van der Waals surface area contributed by atoms with E-state index in [-0.39, 0.29) is 30.2 Å². The van der Waals surface area contributed by atoms with Gasteiger partial charge in [-0.25, -0.2) is 0 Å². The van der Waals surface area contributed by atoms with Crippen molar-refractivity contribution < 1.29 is 9.59 Å². The summed E-state index contributed by atoms with van der Waals surface area (Å²) in [4.78, 5) is 28.5. The fourth-order valence-electron chi connectivity index (χ4n) is 3.42. The van der Waals surface area contributed by atoms with Crippen LogP contribution in [0.25, 0.3) is 0 Å². The first kappa shape index (κ1) is 15.0. The third-order valence-corrected chi connectivity index (χ3v) is 4.66. The molecule has 1 aromatic carbocycles. The van der Waals surface area contributed by atoms with E-state index in [1.165, 1.54) is 0 Å². The Morgan fingerprint density at radius 3 is 2.64 bits per heavy atom. The van der Waals surface area contributed by atoms with Crippen LogP contribution < -0.4 is 10.2 Å². The zero-order chi connectivity index (χ0) is 15.7. The van der Waals surface area contributed by atoms with Crippen molar-refractivity contribution in [3.05, 3.63) is 29.8 Å². The van der Waals surface area contributed by atoms with E-state index in [4.69, 9.17) is 0 Å². The molecule has 2 amide bonds. The lowest BCUT2D eigenvalue weighted by Crippen LogP contribution is -2.45. The van der Waals surface area contributed by atoms with Crippen LogP contribution in [0.3, 0.4) is 0 Å². The quantitative estimate of drug-likeness (QED) is 0.917. The summed E-state index contributed by atoms with van der Waals surface area (Å²) in [5, 5.41) is 3.34. The Bertz CT molecular complexity index is 579. The molecule has 1 saturated heterocycles. The molecule has 2 aliphatic rings. The smallest absolute Gasteiger partial charge is 0.235 e. The number of nitrogens with zero attached hydrogens (tertiary/aromatic N) is 2. The van der Waals surface area contributed by atoms with Gasteiger partial charge in [0, 0.05) is 32.2 Å². The van der Waals surface area contributed by atoms with Crippen molar-refractivity contribution in [1.29, 1.82) is 0 Å². The fourth-order valence-corrected chi connectivity index (χ4v) is 3.42. The maximum atomic E-state index is 13.0. The largest absolute Gasteiger partial charge is 0.349 e. The first-order valence-corrected chi connectivity index (χ1v) is 7.92. The average molecular weight is 301 g/mol. The van der Waals surface area contributed by atoms with Gasteiger partial charge in [0.1, 0.15) is 0 Å². The number of amides is 2. The predicted octanol–water partition coefficient (Wildman–Crippen LogP) is 1.35. The second-order valence-corrected chi connectivity index (χ2v) is 6.29. The Kier molecular flexibility index (Phi) is 4.16. The van der Waals surface area contributed by atoms with Gasteiger partial charge in [0.2, 0.25) is 11.8 Å². The van der Waals surface area contributed by atoms with Crippen LogP contribution in [0.5, 0.6) is 0 Å². The summed E-state index contributed by atoms with van der Waals surface area (Å²) < 4.78 is 0. The molecule has 118 valence electrons. The number of hydrogen-bond donors (Lipinski definition) is 1. The Morgan fingerprint density at radius 2 is 1.95 bits per heavy atom. The van der Waals surface area contributed by atoms with Crippen LogP contribution in [0, 0.1) is 0 Å². The Morgan fingerprint density at radius 1 is 1.27 bits per heavy atom. The number of fused-ring (bicyclic) bond motifs is 1. The van der Waals surface area contributed by atoms with Crippen LogP contribution in [0.4, 0.5) is 5.69 Å². The van der Waals surface area contributed by atoms with E-state index in [1.807, 2.05) is 29.2 Å². The normalized spacial score (nSPS) is 21.8. The average Bonchev–Trinajstić information content (AvgIpc) is 2.80. The number of piperidine rings is 1. The molecule has 0 spiro atoms. The first-order valence-electron chi connectivity index (χ1n) is 7.92. The number of anilines is 1. The van der Waals surface area contributed by atoms with E-state index in [1.54, 1.807) is 19.0 Å². The molecule has 0 saturated carbocycles. The molecule has 2 heterocycles. The number of para-hydroxylation sites is 1. The van der Waals surface area contributed by atoms with E-state index in [0.29, 0.717) is 0 Å². The maximum absolute atomic E-state index is 13.0. The van der Waals surface area contributed by atoms with Gasteiger partial charge < -0.3 is 15.1 Å². The van der Waals surface area contributed by atoms with Gasteiger partial charge in [0.25, 0.3) is 0 Å². The van der Waals surface area contributed by atoms with Crippen LogP contribution in [-0.4, -0.2) is 49.9 Å². The second kappa shape index (κ2) is 6.08. The fraction of sp³-hybridized carbons (Fsp3) is 0.529. The topological polar surface area (TPSA) is 52.7 Å². The molecule has 0 bridgehead atoms. The molecular weight excluding hydrogens is 278 g/mol. The third kappa shape index (κ3) is 2.61. The van der Waals surface area contributed by atoms with E-state index in [9.17, 15) is 9.59 Å². The molecule has 5 heteroatoms. The van der Waals surface area contributed by atoms with Crippen molar-refractivity contribution in [2.45, 2.75) is 31.2 Å². The summed E-state index contributed by atoms with van der Waals surface area (Å²) >= 11 is 0. The van der Waals surface area contributed by atoms with Gasteiger partial charge in [0.05, 0.1) is 5.92 Å². The van der Waals surface area contributed by atoms with Gasteiger partial charge in [-0.15, -0.1) is 0 Å². The lowest BCUT2D eigenvalue weighted by molar-refractivity contribution is -0.131. The van der Waals surface area contributed by atoms with Crippen molar-refractivity contribution in [1.82, 2.24) is 10.2 Å². The maximum Gasteiger partial charge on any atom is 0.235 e. The number of nitrogens with one attached hydrogen (secondary N) is 1. The van der Waals surface area contributed by atoms with Crippen molar-refractivity contribution >= 4 is 17.5 Å². The molecule has 2 aliphatic heterocycles. The van der Waals surface area contributed by atoms with Gasteiger partial charge in [0.15, 0.2) is 0 Å². The van der Waals surface area contributed by atoms with Gasteiger partial charge in [-0.05, 0) is 37.6 Å². The van der Waals surface area contributed by atoms with Crippen molar-refractivity contribution in [3.63, 3.8) is 0 Å². The number of carbonyl (C=O) groups is 2. The summed E-state index contributed by atoms with van der Waals surface area (Å²) in [5.41, 5.74) is 2.00. The van der Waals surface area contributed by atoms with Crippen LogP contribution >= 0.6 is 0 Å². The predicted molar refractivity (Wildman–Crippen MR) is 85.9 cm³/mol. The summed E-state index contributed by atoms with van der Waals surface area (Å²) in [5.74, 6) is -0.246. The SMILES string of the molecule is CN(C)C(=O)CC1C(=O)N(C2CCNCC2)c2ccccc21. The van der Waals surface area contributed by atoms with Crippen LogP contribution in [0.15, 0.2) is 24.3 Å². The van der Waals surface area contributed by atoms with Crippen molar-refractivity contribution in [2.75, 3.05) is 32.1 Å². The van der Waals surface area contributed by atoms with E-state index in [2.05, 4.69) is 5.32 Å². The van der Waals surface area contributed by atoms with Gasteiger partial charge in [-0.1, -0.05) is 18.2 Å². The van der Waals surface area contributed by atoms with Crippen LogP contribution in [0.2, 0.25) is 0 Å². The van der Waals surface area contributed by atoms with E-state index in [0.717, 1.165) is 37.2 Å². The Labute approximate surface area is 131 Å². The zero-order valence-corrected chi connectivity index (χ0v) is 13.2. The summed E-state index contributed by atoms with van der Waals surface area (Å²) in [6.07, 6.45) is 2.19. The lowest BCUT2D eigenvalue weighted by atomic mass is 9.97. The van der Waals surface area contributed by atoms with Gasteiger partial charge in [-0.2, -0.15) is 0 Å². The summed E-state index contributed by atoms with van der Waals surface area (Å²) in [6.45, 7) is 1.88. The van der Waals surface area contributed by atoms with Crippen molar-refractivity contribution in [2.24, 2.45) is 0 Å². The summed E-state index contributed by atoms with van der Waals surface area (Å²) in [7, 11) is 3.47. The van der Waals surface area contributed by atoms with Crippen LogP contribution in [0.1, 0.15) is 30.7 Å². The minimum absolute atomic E-state index is 0.000291. The molecule has 0 aromatic heterocycles. The summed E-state index contributed by atoms with van der Waals surface area (Å²) in [6, 6.07) is 8.16. The highest BCUT2D eigenvalue weighted by molar-refractivity contribution is 6.07. The van der Waals surface area contributed by atoms with Crippen molar-refractivity contribution in [3.8, 4) is 0 Å².